The Balaban J connectivity index is 1.44. The van der Waals surface area contributed by atoms with E-state index in [0.717, 1.165) is 0 Å². The van der Waals surface area contributed by atoms with Gasteiger partial charge < -0.3 is 14.8 Å². The third-order valence-corrected chi connectivity index (χ3v) is 7.77. The Morgan fingerprint density at radius 3 is 2.50 bits per heavy atom. The Morgan fingerprint density at radius 1 is 1.13 bits per heavy atom. The number of anilines is 1. The molecule has 1 aliphatic heterocycles. The predicted molar refractivity (Wildman–Crippen MR) is 125 cm³/mol. The SMILES string of the molecule is C[C@H](OC(=O)COc1ccc(C2SCCCS2)cc1)C(=O)Nc1ccc(Cl)cc1Cl. The van der Waals surface area contributed by atoms with Gasteiger partial charge in [0.15, 0.2) is 12.7 Å². The van der Waals surface area contributed by atoms with Crippen LogP contribution in [-0.2, 0) is 14.3 Å². The maximum absolute atomic E-state index is 12.2. The van der Waals surface area contributed by atoms with Crippen LogP contribution in [0.2, 0.25) is 10.0 Å². The number of carbonyl (C=O) groups excluding carboxylic acids is 2. The summed E-state index contributed by atoms with van der Waals surface area (Å²) in [5.74, 6) is 1.79. The fourth-order valence-electron chi connectivity index (χ4n) is 2.65. The van der Waals surface area contributed by atoms with Crippen molar-refractivity contribution in [1.82, 2.24) is 0 Å². The highest BCUT2D eigenvalue weighted by atomic mass is 35.5. The summed E-state index contributed by atoms with van der Waals surface area (Å²) in [5, 5.41) is 3.36. The van der Waals surface area contributed by atoms with Gasteiger partial charge in [0.1, 0.15) is 5.75 Å². The fourth-order valence-corrected chi connectivity index (χ4v) is 6.00. The lowest BCUT2D eigenvalue weighted by Crippen LogP contribution is -2.31. The highest BCUT2D eigenvalue weighted by Gasteiger charge is 2.20. The molecule has 1 heterocycles. The van der Waals surface area contributed by atoms with Crippen molar-refractivity contribution in [2.24, 2.45) is 0 Å². The summed E-state index contributed by atoms with van der Waals surface area (Å²) >= 11 is 15.8. The molecule has 3 rings (SSSR count). The highest BCUT2D eigenvalue weighted by molar-refractivity contribution is 8.16. The molecular formula is C21H21Cl2NO4S2. The van der Waals surface area contributed by atoms with Gasteiger partial charge in [0, 0.05) is 5.02 Å². The standard InChI is InChI=1S/C21H21Cl2NO4S2/c1-13(20(26)24-18-8-5-15(22)11-17(18)23)28-19(25)12-27-16-6-3-14(4-7-16)21-29-9-2-10-30-21/h3-8,11,13,21H,2,9-10,12H2,1H3,(H,24,26)/t13-/m0/s1. The van der Waals surface area contributed by atoms with E-state index in [1.165, 1.54) is 36.5 Å². The molecule has 0 bridgehead atoms. The molecule has 0 radical (unpaired) electrons. The summed E-state index contributed by atoms with van der Waals surface area (Å²) in [5.41, 5.74) is 1.63. The minimum absolute atomic E-state index is 0.286. The third kappa shape index (κ3) is 6.74. The fraction of sp³-hybridized carbons (Fsp3) is 0.333. The van der Waals surface area contributed by atoms with E-state index in [1.807, 2.05) is 47.8 Å². The van der Waals surface area contributed by atoms with Crippen LogP contribution in [0, 0.1) is 0 Å². The Morgan fingerprint density at radius 2 is 1.83 bits per heavy atom. The number of hydrogen-bond acceptors (Lipinski definition) is 6. The monoisotopic (exact) mass is 485 g/mol. The van der Waals surface area contributed by atoms with Crippen molar-refractivity contribution in [3.05, 3.63) is 58.1 Å². The number of esters is 1. The smallest absolute Gasteiger partial charge is 0.344 e. The Bertz CT molecular complexity index is 889. The molecule has 1 fully saturated rings. The van der Waals surface area contributed by atoms with Crippen LogP contribution in [0.25, 0.3) is 0 Å². The van der Waals surface area contributed by atoms with Crippen LogP contribution in [0.4, 0.5) is 5.69 Å². The summed E-state index contributed by atoms with van der Waals surface area (Å²) in [6.45, 7) is 1.19. The lowest BCUT2D eigenvalue weighted by Gasteiger charge is -2.21. The van der Waals surface area contributed by atoms with Crippen molar-refractivity contribution in [3.63, 3.8) is 0 Å². The first-order valence-electron chi connectivity index (χ1n) is 9.34. The van der Waals surface area contributed by atoms with Gasteiger partial charge in [-0.1, -0.05) is 35.3 Å². The van der Waals surface area contributed by atoms with Crippen molar-refractivity contribution in [1.29, 1.82) is 0 Å². The largest absolute Gasteiger partial charge is 0.482 e. The van der Waals surface area contributed by atoms with E-state index in [0.29, 0.717) is 26.1 Å². The Labute approximate surface area is 194 Å². The lowest BCUT2D eigenvalue weighted by atomic mass is 10.2. The van der Waals surface area contributed by atoms with Gasteiger partial charge in [-0.25, -0.2) is 4.79 Å². The van der Waals surface area contributed by atoms with Gasteiger partial charge in [-0.2, -0.15) is 0 Å². The summed E-state index contributed by atoms with van der Waals surface area (Å²) in [6, 6.07) is 12.4. The van der Waals surface area contributed by atoms with Gasteiger partial charge in [0.05, 0.1) is 15.3 Å². The van der Waals surface area contributed by atoms with Crippen LogP contribution >= 0.6 is 46.7 Å². The molecule has 0 aliphatic carbocycles. The first-order chi connectivity index (χ1) is 14.4. The number of amides is 1. The van der Waals surface area contributed by atoms with E-state index in [9.17, 15) is 9.59 Å². The molecule has 0 saturated carbocycles. The minimum atomic E-state index is -1.00. The molecule has 2 aromatic carbocycles. The van der Waals surface area contributed by atoms with Gasteiger partial charge in [-0.15, -0.1) is 23.5 Å². The molecule has 30 heavy (non-hydrogen) atoms. The maximum atomic E-state index is 12.2. The number of hydrogen-bond donors (Lipinski definition) is 1. The predicted octanol–water partition coefficient (Wildman–Crippen LogP) is 5.81. The first-order valence-corrected chi connectivity index (χ1v) is 12.2. The third-order valence-electron chi connectivity index (χ3n) is 4.20. The van der Waals surface area contributed by atoms with Crippen molar-refractivity contribution in [3.8, 4) is 5.75 Å². The van der Waals surface area contributed by atoms with Gasteiger partial charge in [-0.3, -0.25) is 4.79 Å². The summed E-state index contributed by atoms with van der Waals surface area (Å²) in [4.78, 5) is 24.3. The van der Waals surface area contributed by atoms with E-state index in [4.69, 9.17) is 32.7 Å². The second-order valence-electron chi connectivity index (χ2n) is 6.53. The number of halogens is 2. The van der Waals surface area contributed by atoms with E-state index in [2.05, 4.69) is 5.32 Å². The molecule has 1 N–H and O–H groups in total. The zero-order valence-electron chi connectivity index (χ0n) is 16.2. The molecule has 160 valence electrons. The number of ether oxygens (including phenoxy) is 2. The van der Waals surface area contributed by atoms with Gasteiger partial charge in [-0.05, 0) is 60.7 Å². The molecule has 1 amide bonds. The zero-order valence-corrected chi connectivity index (χ0v) is 19.4. The minimum Gasteiger partial charge on any atom is -0.482 e. The second-order valence-corrected chi connectivity index (χ2v) is 10.1. The molecule has 9 heteroatoms. The molecule has 1 saturated heterocycles. The molecule has 5 nitrogen and oxygen atoms in total. The van der Waals surface area contributed by atoms with Crippen LogP contribution < -0.4 is 10.1 Å². The quantitative estimate of drug-likeness (QED) is 0.499. The van der Waals surface area contributed by atoms with Crippen molar-refractivity contribution in [2.75, 3.05) is 23.4 Å². The molecule has 2 aromatic rings. The van der Waals surface area contributed by atoms with Gasteiger partial charge in [0.25, 0.3) is 5.91 Å². The lowest BCUT2D eigenvalue weighted by molar-refractivity contribution is -0.155. The zero-order chi connectivity index (χ0) is 21.5. The topological polar surface area (TPSA) is 64.6 Å². The van der Waals surface area contributed by atoms with Crippen molar-refractivity contribution < 1.29 is 19.1 Å². The van der Waals surface area contributed by atoms with E-state index < -0.39 is 18.0 Å². The van der Waals surface area contributed by atoms with Crippen LogP contribution in [0.3, 0.4) is 0 Å². The molecular weight excluding hydrogens is 465 g/mol. The van der Waals surface area contributed by atoms with Gasteiger partial charge >= 0.3 is 5.97 Å². The first kappa shape index (κ1) is 23.1. The van der Waals surface area contributed by atoms with Crippen molar-refractivity contribution >= 4 is 64.3 Å². The van der Waals surface area contributed by atoms with E-state index in [1.54, 1.807) is 12.1 Å². The van der Waals surface area contributed by atoms with Crippen LogP contribution in [0.5, 0.6) is 5.75 Å². The Kier molecular flexibility index (Phi) is 8.62. The number of rotatable bonds is 7. The number of thioether (sulfide) groups is 2. The summed E-state index contributed by atoms with van der Waals surface area (Å²) in [7, 11) is 0. The summed E-state index contributed by atoms with van der Waals surface area (Å²) < 4.78 is 11.1. The van der Waals surface area contributed by atoms with E-state index in [-0.39, 0.29) is 6.61 Å². The molecule has 1 aliphatic rings. The maximum Gasteiger partial charge on any atom is 0.344 e. The van der Waals surface area contributed by atoms with Crippen LogP contribution in [0.15, 0.2) is 42.5 Å². The Hall–Kier alpha value is -1.54. The molecule has 1 atom stereocenters. The van der Waals surface area contributed by atoms with Crippen LogP contribution in [0.1, 0.15) is 23.5 Å². The molecule has 0 unspecified atom stereocenters. The molecule has 0 spiro atoms. The number of nitrogens with one attached hydrogen (secondary N) is 1. The number of benzene rings is 2. The average molecular weight is 486 g/mol. The van der Waals surface area contributed by atoms with E-state index >= 15 is 0 Å². The highest BCUT2D eigenvalue weighted by Crippen LogP contribution is 2.43. The molecule has 0 aromatic heterocycles. The van der Waals surface area contributed by atoms with Gasteiger partial charge in [0.2, 0.25) is 0 Å². The normalized spacial score (nSPS) is 15.3. The van der Waals surface area contributed by atoms with Crippen LogP contribution in [-0.4, -0.2) is 36.1 Å². The second kappa shape index (κ2) is 11.2. The summed E-state index contributed by atoms with van der Waals surface area (Å²) in [6.07, 6.45) is 0.244. The van der Waals surface area contributed by atoms with Crippen molar-refractivity contribution in [2.45, 2.75) is 24.0 Å². The number of carbonyl (C=O) groups is 2. The average Bonchev–Trinajstić information content (AvgIpc) is 2.75.